The summed E-state index contributed by atoms with van der Waals surface area (Å²) in [4.78, 5) is 14.7. The Labute approximate surface area is 187 Å². The van der Waals surface area contributed by atoms with E-state index in [1.165, 1.54) is 16.8 Å². The highest BCUT2D eigenvalue weighted by Gasteiger charge is 2.29. The minimum absolute atomic E-state index is 0.213. The lowest BCUT2D eigenvalue weighted by atomic mass is 9.81. The van der Waals surface area contributed by atoms with Crippen LogP contribution in [0.5, 0.6) is 5.75 Å². The van der Waals surface area contributed by atoms with Gasteiger partial charge in [0.15, 0.2) is 0 Å². The molecule has 2 atom stereocenters. The first-order chi connectivity index (χ1) is 15.2. The number of aromatic nitrogens is 2. The molecule has 2 heterocycles. The average Bonchev–Trinajstić information content (AvgIpc) is 3.15. The van der Waals surface area contributed by atoms with E-state index in [0.29, 0.717) is 24.0 Å². The Morgan fingerprint density at radius 2 is 1.94 bits per heavy atom. The Bertz CT molecular complexity index is 1090. The van der Waals surface area contributed by atoms with Crippen molar-refractivity contribution in [3.8, 4) is 5.75 Å². The van der Waals surface area contributed by atoms with Gasteiger partial charge in [-0.05, 0) is 82.6 Å². The second kappa shape index (κ2) is 8.90. The Balaban J connectivity index is 1.47. The highest BCUT2D eigenvalue weighted by molar-refractivity contribution is 5.88. The standard InChI is InChI=1S/C25H30FN3O3/c1-25(2,3)32-24(30)29-23-10-9-21(13-18(23)14-27-29)31-16-19-15-28(4)12-11-22(19)17-5-7-20(26)8-6-17/h5-10,13-14,19,22H,11-12,15-16H2,1-4H3/t19-,22-/m0/s1. The number of benzene rings is 2. The molecular formula is C25H30FN3O3. The van der Waals surface area contributed by atoms with Gasteiger partial charge in [-0.3, -0.25) is 0 Å². The van der Waals surface area contributed by atoms with Crippen LogP contribution in [0.15, 0.2) is 48.7 Å². The molecule has 1 aliphatic heterocycles. The summed E-state index contributed by atoms with van der Waals surface area (Å²) in [7, 11) is 2.12. The zero-order valence-electron chi connectivity index (χ0n) is 19.0. The third-order valence-corrected chi connectivity index (χ3v) is 5.81. The largest absolute Gasteiger partial charge is 0.493 e. The molecule has 6 nitrogen and oxygen atoms in total. The molecule has 0 N–H and O–H groups in total. The first-order valence-electron chi connectivity index (χ1n) is 11.0. The zero-order valence-corrected chi connectivity index (χ0v) is 19.0. The van der Waals surface area contributed by atoms with Gasteiger partial charge in [0.05, 0.1) is 18.3 Å². The van der Waals surface area contributed by atoms with E-state index in [0.717, 1.165) is 36.2 Å². The number of hydrogen-bond acceptors (Lipinski definition) is 5. The molecule has 0 unspecified atom stereocenters. The predicted molar refractivity (Wildman–Crippen MR) is 122 cm³/mol. The van der Waals surface area contributed by atoms with Gasteiger partial charge in [0.2, 0.25) is 0 Å². The van der Waals surface area contributed by atoms with Crippen LogP contribution in [0.3, 0.4) is 0 Å². The van der Waals surface area contributed by atoms with Gasteiger partial charge in [-0.1, -0.05) is 12.1 Å². The number of halogens is 1. The molecular weight excluding hydrogens is 409 g/mol. The second-order valence-electron chi connectivity index (χ2n) is 9.54. The molecule has 0 radical (unpaired) electrons. The number of carbonyl (C=O) groups excluding carboxylic acids is 1. The van der Waals surface area contributed by atoms with Gasteiger partial charge in [-0.2, -0.15) is 9.78 Å². The first-order valence-corrected chi connectivity index (χ1v) is 11.0. The van der Waals surface area contributed by atoms with Gasteiger partial charge >= 0.3 is 6.09 Å². The molecule has 32 heavy (non-hydrogen) atoms. The fraction of sp³-hybridized carbons (Fsp3) is 0.440. The number of nitrogens with zero attached hydrogens (tertiary/aromatic N) is 3. The predicted octanol–water partition coefficient (Wildman–Crippen LogP) is 5.07. The number of hydrogen-bond donors (Lipinski definition) is 0. The lowest BCUT2D eigenvalue weighted by Crippen LogP contribution is -2.39. The third-order valence-electron chi connectivity index (χ3n) is 5.81. The molecule has 1 fully saturated rings. The Morgan fingerprint density at radius 3 is 2.66 bits per heavy atom. The van der Waals surface area contributed by atoms with Crippen LogP contribution in [0.2, 0.25) is 0 Å². The topological polar surface area (TPSA) is 56.6 Å². The van der Waals surface area contributed by atoms with Crippen molar-refractivity contribution < 1.29 is 18.7 Å². The summed E-state index contributed by atoms with van der Waals surface area (Å²) in [5.41, 5.74) is 1.24. The summed E-state index contributed by atoms with van der Waals surface area (Å²) >= 11 is 0. The molecule has 0 saturated carbocycles. The van der Waals surface area contributed by atoms with Crippen LogP contribution in [-0.2, 0) is 4.74 Å². The van der Waals surface area contributed by atoms with E-state index in [1.54, 1.807) is 6.20 Å². The van der Waals surface area contributed by atoms with E-state index < -0.39 is 11.7 Å². The molecule has 1 aromatic heterocycles. The molecule has 0 spiro atoms. The van der Waals surface area contributed by atoms with E-state index in [2.05, 4.69) is 17.0 Å². The van der Waals surface area contributed by atoms with Crippen molar-refractivity contribution in [3.63, 3.8) is 0 Å². The minimum atomic E-state index is -0.591. The molecule has 170 valence electrons. The van der Waals surface area contributed by atoms with Crippen LogP contribution in [-0.4, -0.2) is 53.1 Å². The van der Waals surface area contributed by atoms with E-state index in [9.17, 15) is 9.18 Å². The summed E-state index contributed by atoms with van der Waals surface area (Å²) in [6, 6.07) is 12.4. The van der Waals surface area contributed by atoms with Crippen LogP contribution in [0, 0.1) is 11.7 Å². The minimum Gasteiger partial charge on any atom is -0.493 e. The van der Waals surface area contributed by atoms with Crippen molar-refractivity contribution in [2.24, 2.45) is 5.92 Å². The van der Waals surface area contributed by atoms with E-state index in [-0.39, 0.29) is 5.82 Å². The fourth-order valence-electron chi connectivity index (χ4n) is 4.29. The van der Waals surface area contributed by atoms with Crippen molar-refractivity contribution in [1.82, 2.24) is 14.7 Å². The molecule has 2 aromatic carbocycles. The normalized spacial score (nSPS) is 19.8. The average molecular weight is 440 g/mol. The molecule has 0 amide bonds. The van der Waals surface area contributed by atoms with Crippen LogP contribution in [0.4, 0.5) is 9.18 Å². The molecule has 4 rings (SSSR count). The van der Waals surface area contributed by atoms with Crippen molar-refractivity contribution in [3.05, 3.63) is 60.0 Å². The molecule has 1 saturated heterocycles. The van der Waals surface area contributed by atoms with E-state index >= 15 is 0 Å². The maximum absolute atomic E-state index is 13.4. The number of rotatable bonds is 4. The summed E-state index contributed by atoms with van der Waals surface area (Å²) in [6.07, 6.45) is 2.15. The third kappa shape index (κ3) is 5.10. The van der Waals surface area contributed by atoms with Crippen LogP contribution < -0.4 is 4.74 Å². The molecule has 0 aliphatic carbocycles. The maximum Gasteiger partial charge on any atom is 0.435 e. The van der Waals surface area contributed by atoms with Gasteiger partial charge in [0.25, 0.3) is 0 Å². The smallest absolute Gasteiger partial charge is 0.435 e. The van der Waals surface area contributed by atoms with Crippen molar-refractivity contribution in [2.45, 2.75) is 38.7 Å². The Kier molecular flexibility index (Phi) is 6.20. The highest BCUT2D eigenvalue weighted by atomic mass is 19.1. The molecule has 3 aromatic rings. The van der Waals surface area contributed by atoms with E-state index in [1.807, 2.05) is 51.1 Å². The van der Waals surface area contributed by atoms with Gasteiger partial charge < -0.3 is 14.4 Å². The Hall–Kier alpha value is -2.93. The fourth-order valence-corrected chi connectivity index (χ4v) is 4.29. The number of piperidine rings is 1. The summed E-state index contributed by atoms with van der Waals surface area (Å²) < 4.78 is 26.2. The summed E-state index contributed by atoms with van der Waals surface area (Å²) in [5, 5.41) is 5.00. The monoisotopic (exact) mass is 439 g/mol. The highest BCUT2D eigenvalue weighted by Crippen LogP contribution is 2.33. The number of carbonyl (C=O) groups is 1. The van der Waals surface area contributed by atoms with Gasteiger partial charge in [0.1, 0.15) is 17.2 Å². The molecule has 0 bridgehead atoms. The SMILES string of the molecule is CN1CC[C@@H](c2ccc(F)cc2)[C@H](COc2ccc3c(cnn3C(=O)OC(C)(C)C)c2)C1. The van der Waals surface area contributed by atoms with Crippen LogP contribution in [0.1, 0.15) is 38.7 Å². The zero-order chi connectivity index (χ0) is 22.9. The van der Waals surface area contributed by atoms with Gasteiger partial charge in [0, 0.05) is 17.8 Å². The molecule has 7 heteroatoms. The number of fused-ring (bicyclic) bond motifs is 1. The lowest BCUT2D eigenvalue weighted by Gasteiger charge is -2.37. The second-order valence-corrected chi connectivity index (χ2v) is 9.54. The molecule has 1 aliphatic rings. The summed E-state index contributed by atoms with van der Waals surface area (Å²) in [5.74, 6) is 1.13. The quantitative estimate of drug-likeness (QED) is 0.568. The van der Waals surface area contributed by atoms with E-state index in [4.69, 9.17) is 9.47 Å². The van der Waals surface area contributed by atoms with Crippen LogP contribution >= 0.6 is 0 Å². The first kappa shape index (κ1) is 22.3. The van der Waals surface area contributed by atoms with Crippen molar-refractivity contribution >= 4 is 17.0 Å². The Morgan fingerprint density at radius 1 is 1.19 bits per heavy atom. The summed E-state index contributed by atoms with van der Waals surface area (Å²) in [6.45, 7) is 7.95. The van der Waals surface area contributed by atoms with Crippen molar-refractivity contribution in [2.75, 3.05) is 26.7 Å². The van der Waals surface area contributed by atoms with Gasteiger partial charge in [-0.15, -0.1) is 0 Å². The maximum atomic E-state index is 13.4. The number of ether oxygens (including phenoxy) is 2. The number of likely N-dealkylation sites (tertiary alicyclic amines) is 1. The van der Waals surface area contributed by atoms with Crippen molar-refractivity contribution in [1.29, 1.82) is 0 Å². The van der Waals surface area contributed by atoms with Gasteiger partial charge in [-0.25, -0.2) is 9.18 Å². The van der Waals surface area contributed by atoms with Crippen LogP contribution in [0.25, 0.3) is 10.9 Å². The lowest BCUT2D eigenvalue weighted by molar-refractivity contribution is 0.0522.